The number of hydrogen-bond acceptors (Lipinski definition) is 5. The molecule has 1 aliphatic heterocycles. The second kappa shape index (κ2) is 8.26. The Morgan fingerprint density at radius 3 is 2.58 bits per heavy atom. The maximum absolute atomic E-state index is 13.0. The van der Waals surface area contributed by atoms with E-state index in [1.807, 2.05) is 19.1 Å². The van der Waals surface area contributed by atoms with Crippen molar-refractivity contribution in [2.75, 3.05) is 24.4 Å². The molecule has 4 rings (SSSR count). The Balaban J connectivity index is 1.59. The summed E-state index contributed by atoms with van der Waals surface area (Å²) in [5.41, 5.74) is 1.22. The number of allylic oxidation sites excluding steroid dienone is 2. The van der Waals surface area contributed by atoms with Gasteiger partial charge in [0.1, 0.15) is 11.5 Å². The molecule has 2 aromatic rings. The highest BCUT2D eigenvalue weighted by Gasteiger charge is 2.50. The van der Waals surface area contributed by atoms with E-state index >= 15 is 0 Å². The van der Waals surface area contributed by atoms with Crippen molar-refractivity contribution in [2.45, 2.75) is 13.3 Å². The van der Waals surface area contributed by atoms with Crippen LogP contribution >= 0.6 is 0 Å². The number of carbonyl (C=O) groups is 3. The van der Waals surface area contributed by atoms with Gasteiger partial charge in [0.2, 0.25) is 11.8 Å². The third-order valence-electron chi connectivity index (χ3n) is 5.90. The SMILES string of the molecule is COc1ccc(NC(=O)c2cccc(N3C(=O)[C@@H]4[C@@H](C)C=CC[C@H]4C3=O)c2)c(OC)c1. The summed E-state index contributed by atoms with van der Waals surface area (Å²) < 4.78 is 10.5. The van der Waals surface area contributed by atoms with Gasteiger partial charge in [-0.2, -0.15) is 0 Å². The molecule has 31 heavy (non-hydrogen) atoms. The van der Waals surface area contributed by atoms with E-state index < -0.39 is 0 Å². The predicted molar refractivity (Wildman–Crippen MR) is 116 cm³/mol. The zero-order valence-electron chi connectivity index (χ0n) is 17.6. The van der Waals surface area contributed by atoms with Gasteiger partial charge in [-0.05, 0) is 42.7 Å². The van der Waals surface area contributed by atoms with Crippen molar-refractivity contribution in [3.8, 4) is 11.5 Å². The first kappa shape index (κ1) is 20.7. The summed E-state index contributed by atoms with van der Waals surface area (Å²) in [6.07, 6.45) is 4.52. The smallest absolute Gasteiger partial charge is 0.255 e. The van der Waals surface area contributed by atoms with Gasteiger partial charge in [-0.1, -0.05) is 25.1 Å². The Morgan fingerprint density at radius 2 is 1.87 bits per heavy atom. The number of amides is 3. The maximum atomic E-state index is 13.0. The molecule has 1 aliphatic carbocycles. The lowest BCUT2D eigenvalue weighted by Gasteiger charge is -2.22. The number of nitrogens with one attached hydrogen (secondary N) is 1. The maximum Gasteiger partial charge on any atom is 0.255 e. The van der Waals surface area contributed by atoms with Crippen LogP contribution in [0.3, 0.4) is 0 Å². The van der Waals surface area contributed by atoms with Crippen LogP contribution in [0.5, 0.6) is 11.5 Å². The molecule has 7 nitrogen and oxygen atoms in total. The molecule has 3 amide bonds. The Bertz CT molecular complexity index is 1080. The Hall–Kier alpha value is -3.61. The quantitative estimate of drug-likeness (QED) is 0.589. The average Bonchev–Trinajstić information content (AvgIpc) is 3.05. The highest BCUT2D eigenvalue weighted by Crippen LogP contribution is 2.40. The minimum atomic E-state index is -0.378. The molecule has 0 saturated carbocycles. The predicted octanol–water partition coefficient (Wildman–Crippen LogP) is 3.66. The molecule has 0 bridgehead atoms. The molecular weight excluding hydrogens is 396 g/mol. The van der Waals surface area contributed by atoms with Crippen LogP contribution < -0.4 is 19.7 Å². The highest BCUT2D eigenvalue weighted by molar-refractivity contribution is 6.22. The number of benzene rings is 2. The zero-order valence-corrected chi connectivity index (χ0v) is 17.6. The lowest BCUT2D eigenvalue weighted by molar-refractivity contribution is -0.122. The molecule has 2 aliphatic rings. The van der Waals surface area contributed by atoms with E-state index in [-0.39, 0.29) is 35.5 Å². The van der Waals surface area contributed by atoms with Gasteiger partial charge < -0.3 is 14.8 Å². The van der Waals surface area contributed by atoms with Crippen LogP contribution in [0.1, 0.15) is 23.7 Å². The minimum absolute atomic E-state index is 0.00854. The number of carbonyl (C=O) groups excluding carboxylic acids is 3. The van der Waals surface area contributed by atoms with Crippen LogP contribution in [-0.2, 0) is 9.59 Å². The molecule has 2 aromatic carbocycles. The second-order valence-electron chi connectivity index (χ2n) is 7.74. The normalized spacial score (nSPS) is 22.3. The van der Waals surface area contributed by atoms with Crippen molar-refractivity contribution in [2.24, 2.45) is 17.8 Å². The molecule has 1 saturated heterocycles. The molecule has 0 spiro atoms. The number of imide groups is 1. The number of rotatable bonds is 5. The minimum Gasteiger partial charge on any atom is -0.497 e. The van der Waals surface area contributed by atoms with Gasteiger partial charge in [0.05, 0.1) is 37.4 Å². The van der Waals surface area contributed by atoms with E-state index in [2.05, 4.69) is 5.32 Å². The topological polar surface area (TPSA) is 84.9 Å². The van der Waals surface area contributed by atoms with Crippen molar-refractivity contribution in [1.29, 1.82) is 0 Å². The number of methoxy groups -OCH3 is 2. The van der Waals surface area contributed by atoms with E-state index in [4.69, 9.17) is 9.47 Å². The van der Waals surface area contributed by atoms with Crippen LogP contribution in [0.4, 0.5) is 11.4 Å². The van der Waals surface area contributed by atoms with Crippen molar-refractivity contribution in [1.82, 2.24) is 0 Å². The van der Waals surface area contributed by atoms with E-state index in [0.29, 0.717) is 34.9 Å². The van der Waals surface area contributed by atoms with Crippen LogP contribution in [0.2, 0.25) is 0 Å². The monoisotopic (exact) mass is 420 g/mol. The average molecular weight is 420 g/mol. The van der Waals surface area contributed by atoms with Crippen LogP contribution in [0.25, 0.3) is 0 Å². The fourth-order valence-corrected chi connectivity index (χ4v) is 4.28. The Kier molecular flexibility index (Phi) is 5.50. The lowest BCUT2D eigenvalue weighted by atomic mass is 9.78. The molecular formula is C24H24N2O5. The van der Waals surface area contributed by atoms with Crippen LogP contribution in [0, 0.1) is 17.8 Å². The van der Waals surface area contributed by atoms with Crippen molar-refractivity contribution < 1.29 is 23.9 Å². The molecule has 1 N–H and O–H groups in total. The third-order valence-corrected chi connectivity index (χ3v) is 5.90. The Morgan fingerprint density at radius 1 is 1.06 bits per heavy atom. The summed E-state index contributed by atoms with van der Waals surface area (Å²) in [5.74, 6) is -0.410. The summed E-state index contributed by atoms with van der Waals surface area (Å²) >= 11 is 0. The van der Waals surface area contributed by atoms with Gasteiger partial charge in [0.25, 0.3) is 5.91 Å². The van der Waals surface area contributed by atoms with E-state index in [9.17, 15) is 14.4 Å². The molecule has 1 fully saturated rings. The van der Waals surface area contributed by atoms with Gasteiger partial charge >= 0.3 is 0 Å². The number of hydrogen-bond donors (Lipinski definition) is 1. The lowest BCUT2D eigenvalue weighted by Crippen LogP contribution is -2.31. The van der Waals surface area contributed by atoms with Gasteiger partial charge in [-0.25, -0.2) is 0 Å². The number of anilines is 2. The summed E-state index contributed by atoms with van der Waals surface area (Å²) in [7, 11) is 3.05. The Labute approximate surface area is 180 Å². The van der Waals surface area contributed by atoms with Crippen molar-refractivity contribution >= 4 is 29.1 Å². The molecule has 0 radical (unpaired) electrons. The number of fused-ring (bicyclic) bond motifs is 1. The second-order valence-corrected chi connectivity index (χ2v) is 7.74. The molecule has 7 heteroatoms. The summed E-state index contributed by atoms with van der Waals surface area (Å²) in [5, 5.41) is 2.81. The molecule has 160 valence electrons. The van der Waals surface area contributed by atoms with E-state index in [1.165, 1.54) is 12.0 Å². The fourth-order valence-electron chi connectivity index (χ4n) is 4.28. The van der Waals surface area contributed by atoms with Crippen molar-refractivity contribution in [3.05, 3.63) is 60.2 Å². The van der Waals surface area contributed by atoms with Gasteiger partial charge in [-0.3, -0.25) is 19.3 Å². The number of nitrogens with zero attached hydrogens (tertiary/aromatic N) is 1. The fraction of sp³-hybridized carbons (Fsp3) is 0.292. The number of ether oxygens (including phenoxy) is 2. The van der Waals surface area contributed by atoms with E-state index in [1.54, 1.807) is 49.6 Å². The molecule has 0 unspecified atom stereocenters. The molecule has 1 heterocycles. The molecule has 0 aromatic heterocycles. The standard InChI is InChI=1S/C24H24N2O5/c1-14-6-4-9-18-21(14)24(29)26(23(18)28)16-8-5-7-15(12-16)22(27)25-19-11-10-17(30-2)13-20(19)31-3/h4-8,10-14,18,21H,9H2,1-3H3,(H,25,27)/t14-,18+,21+/m0/s1. The highest BCUT2D eigenvalue weighted by atomic mass is 16.5. The van der Waals surface area contributed by atoms with Gasteiger partial charge in [-0.15, -0.1) is 0 Å². The zero-order chi connectivity index (χ0) is 22.1. The summed E-state index contributed by atoms with van der Waals surface area (Å²) in [6.45, 7) is 1.95. The third kappa shape index (κ3) is 3.67. The van der Waals surface area contributed by atoms with Crippen LogP contribution in [-0.4, -0.2) is 31.9 Å². The summed E-state index contributed by atoms with van der Waals surface area (Å²) in [4.78, 5) is 40.1. The summed E-state index contributed by atoms with van der Waals surface area (Å²) in [6, 6.07) is 11.6. The van der Waals surface area contributed by atoms with Crippen molar-refractivity contribution in [3.63, 3.8) is 0 Å². The van der Waals surface area contributed by atoms with Gasteiger partial charge in [0.15, 0.2) is 0 Å². The van der Waals surface area contributed by atoms with E-state index in [0.717, 1.165) is 0 Å². The largest absolute Gasteiger partial charge is 0.497 e. The van der Waals surface area contributed by atoms with Crippen LogP contribution in [0.15, 0.2) is 54.6 Å². The first-order chi connectivity index (χ1) is 14.9. The van der Waals surface area contributed by atoms with Gasteiger partial charge in [0, 0.05) is 11.6 Å². The first-order valence-electron chi connectivity index (χ1n) is 10.1. The molecule has 3 atom stereocenters. The first-order valence-corrected chi connectivity index (χ1v) is 10.1.